The van der Waals surface area contributed by atoms with Crippen LogP contribution in [0.2, 0.25) is 0 Å². The number of carboxylic acid groups (broad SMARTS) is 1. The minimum atomic E-state index is -0.951. The van der Waals surface area contributed by atoms with E-state index in [-0.39, 0.29) is 11.2 Å². The molecule has 0 aliphatic heterocycles. The van der Waals surface area contributed by atoms with Gasteiger partial charge >= 0.3 is 5.97 Å². The molecule has 2 N–H and O–H groups in total. The summed E-state index contributed by atoms with van der Waals surface area (Å²) in [6.07, 6.45) is 0. The molecular weight excluding hydrogens is 216 g/mol. The number of phenolic OH excluding ortho intramolecular Hbond substituents is 1. The van der Waals surface area contributed by atoms with E-state index in [4.69, 9.17) is 0 Å². The van der Waals surface area contributed by atoms with Crippen molar-refractivity contribution in [3.63, 3.8) is 0 Å². The van der Waals surface area contributed by atoms with Crippen LogP contribution in [0, 0.1) is 0 Å². The van der Waals surface area contributed by atoms with Crippen molar-refractivity contribution in [2.75, 3.05) is 0 Å². The zero-order chi connectivity index (χ0) is 13.4. The summed E-state index contributed by atoms with van der Waals surface area (Å²) in [5.41, 5.74) is 0.305. The van der Waals surface area contributed by atoms with Crippen LogP contribution in [0.1, 0.15) is 45.7 Å². The first-order valence-electron chi connectivity index (χ1n) is 5.64. The zero-order valence-corrected chi connectivity index (χ0v) is 11.0. The molecule has 94 valence electrons. The highest BCUT2D eigenvalue weighted by Gasteiger charge is 2.31. The Labute approximate surface area is 102 Å². The summed E-state index contributed by atoms with van der Waals surface area (Å²) in [5, 5.41) is 19.0. The lowest BCUT2D eigenvalue weighted by atomic mass is 9.79. The molecule has 0 fully saturated rings. The molecule has 0 amide bonds. The fourth-order valence-electron chi connectivity index (χ4n) is 1.65. The minimum absolute atomic E-state index is 0.211. The van der Waals surface area contributed by atoms with E-state index in [1.165, 1.54) is 0 Å². The molecule has 0 radical (unpaired) electrons. The Balaban J connectivity index is 3.37. The van der Waals surface area contributed by atoms with Gasteiger partial charge in [-0.3, -0.25) is 4.79 Å². The fraction of sp³-hybridized carbons (Fsp3) is 0.500. The SMILES string of the molecule is CC(C)(C)c1cc(C(C)(C)C(=O)O)ccc1O. The highest BCUT2D eigenvalue weighted by atomic mass is 16.4. The summed E-state index contributed by atoms with van der Waals surface area (Å²) >= 11 is 0. The van der Waals surface area contributed by atoms with Crippen LogP contribution < -0.4 is 0 Å². The minimum Gasteiger partial charge on any atom is -0.508 e. The third-order valence-corrected chi connectivity index (χ3v) is 3.06. The molecule has 0 saturated carbocycles. The lowest BCUT2D eigenvalue weighted by Gasteiger charge is -2.25. The molecule has 0 saturated heterocycles. The van der Waals surface area contributed by atoms with E-state index in [1.807, 2.05) is 20.8 Å². The second-order valence-corrected chi connectivity index (χ2v) is 5.91. The van der Waals surface area contributed by atoms with Crippen molar-refractivity contribution in [2.24, 2.45) is 0 Å². The van der Waals surface area contributed by atoms with Gasteiger partial charge in [-0.2, -0.15) is 0 Å². The quantitative estimate of drug-likeness (QED) is 0.829. The first-order valence-corrected chi connectivity index (χ1v) is 5.64. The van der Waals surface area contributed by atoms with Gasteiger partial charge in [0.25, 0.3) is 0 Å². The van der Waals surface area contributed by atoms with Gasteiger partial charge in [-0.25, -0.2) is 0 Å². The van der Waals surface area contributed by atoms with Crippen molar-refractivity contribution in [1.29, 1.82) is 0 Å². The number of aromatic hydroxyl groups is 1. The van der Waals surface area contributed by atoms with Crippen molar-refractivity contribution in [3.8, 4) is 5.75 Å². The van der Waals surface area contributed by atoms with E-state index in [1.54, 1.807) is 32.0 Å². The maximum atomic E-state index is 11.2. The van der Waals surface area contributed by atoms with Crippen molar-refractivity contribution in [3.05, 3.63) is 29.3 Å². The van der Waals surface area contributed by atoms with Crippen LogP contribution in [-0.4, -0.2) is 16.2 Å². The standard InChI is InChI=1S/C14H20O3/c1-13(2,3)10-8-9(6-7-11(10)15)14(4,5)12(16)17/h6-8,15H,1-5H3,(H,16,17). The van der Waals surface area contributed by atoms with Gasteiger partial charge in [-0.1, -0.05) is 32.9 Å². The van der Waals surface area contributed by atoms with Gasteiger partial charge in [0.05, 0.1) is 5.41 Å². The highest BCUT2D eigenvalue weighted by Crippen LogP contribution is 2.34. The summed E-state index contributed by atoms with van der Waals surface area (Å²) in [6, 6.07) is 5.02. The number of hydrogen-bond acceptors (Lipinski definition) is 2. The molecule has 1 aromatic carbocycles. The molecular formula is C14H20O3. The monoisotopic (exact) mass is 236 g/mol. The molecule has 0 aromatic heterocycles. The molecule has 0 atom stereocenters. The van der Waals surface area contributed by atoms with Gasteiger partial charge in [0.2, 0.25) is 0 Å². The third-order valence-electron chi connectivity index (χ3n) is 3.06. The average molecular weight is 236 g/mol. The molecule has 1 aromatic rings. The number of benzene rings is 1. The van der Waals surface area contributed by atoms with Gasteiger partial charge in [-0.15, -0.1) is 0 Å². The largest absolute Gasteiger partial charge is 0.508 e. The van der Waals surface area contributed by atoms with Crippen molar-refractivity contribution in [2.45, 2.75) is 45.4 Å². The predicted molar refractivity (Wildman–Crippen MR) is 67.5 cm³/mol. The Morgan fingerprint density at radius 3 is 2.06 bits per heavy atom. The van der Waals surface area contributed by atoms with E-state index in [0.29, 0.717) is 5.56 Å². The fourth-order valence-corrected chi connectivity index (χ4v) is 1.65. The maximum Gasteiger partial charge on any atom is 0.313 e. The van der Waals surface area contributed by atoms with Crippen LogP contribution in [0.15, 0.2) is 18.2 Å². The van der Waals surface area contributed by atoms with E-state index in [9.17, 15) is 15.0 Å². The summed E-state index contributed by atoms with van der Waals surface area (Å²) in [4.78, 5) is 11.2. The molecule has 0 bridgehead atoms. The summed E-state index contributed by atoms with van der Waals surface area (Å²) in [6.45, 7) is 9.28. The zero-order valence-electron chi connectivity index (χ0n) is 11.0. The number of phenols is 1. The van der Waals surface area contributed by atoms with E-state index < -0.39 is 11.4 Å². The Kier molecular flexibility index (Phi) is 3.24. The molecule has 0 aliphatic carbocycles. The van der Waals surface area contributed by atoms with Gasteiger partial charge in [0.1, 0.15) is 5.75 Å². The molecule has 0 unspecified atom stereocenters. The van der Waals surface area contributed by atoms with Gasteiger partial charge in [-0.05, 0) is 36.5 Å². The maximum absolute atomic E-state index is 11.2. The Morgan fingerprint density at radius 2 is 1.65 bits per heavy atom. The summed E-state index contributed by atoms with van der Waals surface area (Å²) in [5.74, 6) is -0.662. The number of carboxylic acids is 1. The summed E-state index contributed by atoms with van der Waals surface area (Å²) in [7, 11) is 0. The first kappa shape index (κ1) is 13.6. The number of hydrogen-bond donors (Lipinski definition) is 2. The van der Waals surface area contributed by atoms with Crippen LogP contribution in [0.3, 0.4) is 0 Å². The Bertz CT molecular complexity index is 439. The Hall–Kier alpha value is -1.51. The molecule has 3 heteroatoms. The molecule has 17 heavy (non-hydrogen) atoms. The predicted octanol–water partition coefficient (Wildman–Crippen LogP) is 3.05. The van der Waals surface area contributed by atoms with Crippen LogP contribution >= 0.6 is 0 Å². The molecule has 0 heterocycles. The van der Waals surface area contributed by atoms with Crippen molar-refractivity contribution >= 4 is 5.97 Å². The second-order valence-electron chi connectivity index (χ2n) is 5.91. The Morgan fingerprint density at radius 1 is 1.12 bits per heavy atom. The number of rotatable bonds is 2. The molecule has 0 aliphatic rings. The van der Waals surface area contributed by atoms with E-state index in [2.05, 4.69) is 0 Å². The lowest BCUT2D eigenvalue weighted by molar-refractivity contribution is -0.142. The van der Waals surface area contributed by atoms with Crippen molar-refractivity contribution < 1.29 is 15.0 Å². The van der Waals surface area contributed by atoms with Crippen LogP contribution in [0.25, 0.3) is 0 Å². The molecule has 1 rings (SSSR count). The van der Waals surface area contributed by atoms with Crippen LogP contribution in [-0.2, 0) is 15.6 Å². The molecule has 0 spiro atoms. The molecule has 3 nitrogen and oxygen atoms in total. The number of aliphatic carboxylic acids is 1. The summed E-state index contributed by atoms with van der Waals surface area (Å²) < 4.78 is 0. The first-order chi connectivity index (χ1) is 7.56. The highest BCUT2D eigenvalue weighted by molar-refractivity contribution is 5.80. The van der Waals surface area contributed by atoms with Crippen LogP contribution in [0.5, 0.6) is 5.75 Å². The van der Waals surface area contributed by atoms with Crippen molar-refractivity contribution in [1.82, 2.24) is 0 Å². The second kappa shape index (κ2) is 4.06. The topological polar surface area (TPSA) is 57.5 Å². The number of carbonyl (C=O) groups is 1. The van der Waals surface area contributed by atoms with E-state index in [0.717, 1.165) is 5.56 Å². The van der Waals surface area contributed by atoms with E-state index >= 15 is 0 Å². The third kappa shape index (κ3) is 2.60. The van der Waals surface area contributed by atoms with Crippen LogP contribution in [0.4, 0.5) is 0 Å². The normalized spacial score (nSPS) is 12.5. The van der Waals surface area contributed by atoms with Gasteiger partial charge in [0, 0.05) is 0 Å². The average Bonchev–Trinajstić information content (AvgIpc) is 2.15. The lowest BCUT2D eigenvalue weighted by Crippen LogP contribution is -2.29. The van der Waals surface area contributed by atoms with Gasteiger partial charge < -0.3 is 10.2 Å². The van der Waals surface area contributed by atoms with Gasteiger partial charge in [0.15, 0.2) is 0 Å². The smallest absolute Gasteiger partial charge is 0.313 e.